The van der Waals surface area contributed by atoms with E-state index in [4.69, 9.17) is 0 Å². The lowest BCUT2D eigenvalue weighted by molar-refractivity contribution is 0.515. The summed E-state index contributed by atoms with van der Waals surface area (Å²) in [5, 5.41) is 5.25. The minimum Gasteiger partial charge on any atom is -0.370 e. The monoisotopic (exact) mass is 265 g/mol. The molecule has 1 aromatic rings. The van der Waals surface area contributed by atoms with Crippen molar-refractivity contribution < 1.29 is 0 Å². The third-order valence-corrected chi connectivity index (χ3v) is 4.81. The quantitative estimate of drug-likeness (QED) is 0.837. The van der Waals surface area contributed by atoms with Crippen LogP contribution in [0.25, 0.3) is 0 Å². The normalized spacial score (nSPS) is 16.8. The predicted octanol–water partition coefficient (Wildman–Crippen LogP) is 3.95. The zero-order valence-corrected chi connectivity index (χ0v) is 12.4. The Morgan fingerprint density at radius 2 is 1.89 bits per heavy atom. The van der Waals surface area contributed by atoms with Gasteiger partial charge in [-0.15, -0.1) is 11.8 Å². The van der Waals surface area contributed by atoms with E-state index in [2.05, 4.69) is 29.1 Å². The van der Waals surface area contributed by atoms with Crippen molar-refractivity contribution in [2.75, 3.05) is 11.9 Å². The second-order valence-electron chi connectivity index (χ2n) is 4.96. The summed E-state index contributed by atoms with van der Waals surface area (Å²) in [4.78, 5) is 9.10. The highest BCUT2D eigenvalue weighted by Gasteiger charge is 2.18. The van der Waals surface area contributed by atoms with Crippen molar-refractivity contribution in [3.63, 3.8) is 0 Å². The highest BCUT2D eigenvalue weighted by atomic mass is 32.2. The fourth-order valence-electron chi connectivity index (χ4n) is 2.40. The van der Waals surface area contributed by atoms with Crippen LogP contribution in [-0.4, -0.2) is 21.8 Å². The standard InChI is InChI=1S/C14H23N3S/c1-4-15-13-10(2)14(17-11(3)16-13)18-12-8-6-5-7-9-12/h12H,4-9H2,1-3H3,(H,15,16,17). The van der Waals surface area contributed by atoms with Gasteiger partial charge in [-0.3, -0.25) is 0 Å². The van der Waals surface area contributed by atoms with E-state index >= 15 is 0 Å². The summed E-state index contributed by atoms with van der Waals surface area (Å²) in [6.07, 6.45) is 6.83. The average Bonchev–Trinajstić information content (AvgIpc) is 2.36. The SMILES string of the molecule is CCNc1nc(C)nc(SC2CCCCC2)c1C. The lowest BCUT2D eigenvalue weighted by Crippen LogP contribution is -2.10. The number of hydrogen-bond acceptors (Lipinski definition) is 4. The van der Waals surface area contributed by atoms with Gasteiger partial charge in [0.25, 0.3) is 0 Å². The van der Waals surface area contributed by atoms with Crippen LogP contribution in [0.3, 0.4) is 0 Å². The molecular weight excluding hydrogens is 242 g/mol. The lowest BCUT2D eigenvalue weighted by Gasteiger charge is -2.21. The van der Waals surface area contributed by atoms with Crippen LogP contribution in [0.5, 0.6) is 0 Å². The molecule has 1 fully saturated rings. The molecule has 0 amide bonds. The maximum Gasteiger partial charge on any atom is 0.133 e. The van der Waals surface area contributed by atoms with Crippen molar-refractivity contribution in [3.8, 4) is 0 Å². The molecule has 0 atom stereocenters. The van der Waals surface area contributed by atoms with Crippen LogP contribution in [0.2, 0.25) is 0 Å². The minimum atomic E-state index is 0.751. The van der Waals surface area contributed by atoms with Gasteiger partial charge in [-0.05, 0) is 33.6 Å². The Hall–Kier alpha value is -0.770. The molecule has 0 saturated heterocycles. The van der Waals surface area contributed by atoms with E-state index < -0.39 is 0 Å². The molecule has 0 unspecified atom stereocenters. The van der Waals surface area contributed by atoms with Crippen molar-refractivity contribution in [3.05, 3.63) is 11.4 Å². The van der Waals surface area contributed by atoms with E-state index in [1.807, 2.05) is 18.7 Å². The van der Waals surface area contributed by atoms with Crippen LogP contribution in [0.15, 0.2) is 5.03 Å². The van der Waals surface area contributed by atoms with Gasteiger partial charge < -0.3 is 5.32 Å². The van der Waals surface area contributed by atoms with E-state index in [0.29, 0.717) is 0 Å². The number of aromatic nitrogens is 2. The molecule has 1 aliphatic carbocycles. The second-order valence-corrected chi connectivity index (χ2v) is 6.25. The fourth-order valence-corrected chi connectivity index (χ4v) is 3.74. The minimum absolute atomic E-state index is 0.751. The molecule has 1 heterocycles. The molecule has 0 aromatic carbocycles. The van der Waals surface area contributed by atoms with Gasteiger partial charge in [0.2, 0.25) is 0 Å². The van der Waals surface area contributed by atoms with Gasteiger partial charge in [-0.2, -0.15) is 0 Å². The zero-order valence-electron chi connectivity index (χ0n) is 11.6. The fraction of sp³-hybridized carbons (Fsp3) is 0.714. The van der Waals surface area contributed by atoms with Crippen LogP contribution in [-0.2, 0) is 0 Å². The Bertz CT molecular complexity index is 400. The summed E-state index contributed by atoms with van der Waals surface area (Å²) in [6, 6.07) is 0. The third kappa shape index (κ3) is 3.37. The van der Waals surface area contributed by atoms with Crippen molar-refractivity contribution >= 4 is 17.6 Å². The molecular formula is C14H23N3S. The number of nitrogens with zero attached hydrogens (tertiary/aromatic N) is 2. The van der Waals surface area contributed by atoms with Gasteiger partial charge in [0.15, 0.2) is 0 Å². The first-order valence-electron chi connectivity index (χ1n) is 6.96. The van der Waals surface area contributed by atoms with Gasteiger partial charge in [0.1, 0.15) is 16.7 Å². The first kappa shape index (κ1) is 13.7. The number of anilines is 1. The van der Waals surface area contributed by atoms with Crippen LogP contribution in [0.4, 0.5) is 5.82 Å². The van der Waals surface area contributed by atoms with Gasteiger partial charge in [-0.25, -0.2) is 9.97 Å². The first-order valence-corrected chi connectivity index (χ1v) is 7.84. The molecule has 0 spiro atoms. The van der Waals surface area contributed by atoms with E-state index in [0.717, 1.165) is 23.4 Å². The van der Waals surface area contributed by atoms with E-state index in [-0.39, 0.29) is 0 Å². The lowest BCUT2D eigenvalue weighted by atomic mass is 10.0. The number of aryl methyl sites for hydroxylation is 1. The average molecular weight is 265 g/mol. The largest absolute Gasteiger partial charge is 0.370 e. The summed E-state index contributed by atoms with van der Waals surface area (Å²) in [5.74, 6) is 1.87. The highest BCUT2D eigenvalue weighted by Crippen LogP contribution is 2.35. The number of hydrogen-bond donors (Lipinski definition) is 1. The summed E-state index contributed by atoms with van der Waals surface area (Å²) in [6.45, 7) is 7.11. The molecule has 1 aromatic heterocycles. The van der Waals surface area contributed by atoms with Crippen LogP contribution in [0.1, 0.15) is 50.4 Å². The van der Waals surface area contributed by atoms with Crippen molar-refractivity contribution in [2.24, 2.45) is 0 Å². The molecule has 18 heavy (non-hydrogen) atoms. The molecule has 0 radical (unpaired) electrons. The Morgan fingerprint density at radius 1 is 1.17 bits per heavy atom. The second kappa shape index (κ2) is 6.41. The Labute approximate surface area is 114 Å². The zero-order chi connectivity index (χ0) is 13.0. The van der Waals surface area contributed by atoms with Crippen LogP contribution >= 0.6 is 11.8 Å². The molecule has 3 nitrogen and oxygen atoms in total. The Morgan fingerprint density at radius 3 is 2.56 bits per heavy atom. The maximum absolute atomic E-state index is 4.62. The highest BCUT2D eigenvalue weighted by molar-refractivity contribution is 7.99. The molecule has 1 aliphatic rings. The van der Waals surface area contributed by atoms with Crippen molar-refractivity contribution in [2.45, 2.75) is 63.2 Å². The molecule has 4 heteroatoms. The molecule has 0 bridgehead atoms. The van der Waals surface area contributed by atoms with Gasteiger partial charge >= 0.3 is 0 Å². The maximum atomic E-state index is 4.62. The summed E-state index contributed by atoms with van der Waals surface area (Å²) in [5.41, 5.74) is 1.21. The number of rotatable bonds is 4. The molecule has 1 N–H and O–H groups in total. The van der Waals surface area contributed by atoms with E-state index in [1.54, 1.807) is 0 Å². The number of nitrogens with one attached hydrogen (secondary N) is 1. The van der Waals surface area contributed by atoms with Gasteiger partial charge in [0.05, 0.1) is 0 Å². The van der Waals surface area contributed by atoms with E-state index in [1.165, 1.54) is 42.7 Å². The summed E-state index contributed by atoms with van der Waals surface area (Å²) in [7, 11) is 0. The summed E-state index contributed by atoms with van der Waals surface area (Å²) < 4.78 is 0. The van der Waals surface area contributed by atoms with E-state index in [9.17, 15) is 0 Å². The van der Waals surface area contributed by atoms with Crippen LogP contribution in [0, 0.1) is 13.8 Å². The number of thioether (sulfide) groups is 1. The van der Waals surface area contributed by atoms with Gasteiger partial charge in [-0.1, -0.05) is 19.3 Å². The predicted molar refractivity (Wildman–Crippen MR) is 78.4 cm³/mol. The summed E-state index contributed by atoms with van der Waals surface area (Å²) >= 11 is 1.95. The first-order chi connectivity index (χ1) is 8.70. The molecule has 100 valence electrons. The molecule has 0 aliphatic heterocycles. The van der Waals surface area contributed by atoms with Gasteiger partial charge in [0, 0.05) is 17.4 Å². The third-order valence-electron chi connectivity index (χ3n) is 3.39. The Balaban J connectivity index is 2.15. The molecule has 1 saturated carbocycles. The van der Waals surface area contributed by atoms with Crippen molar-refractivity contribution in [1.29, 1.82) is 0 Å². The van der Waals surface area contributed by atoms with Crippen molar-refractivity contribution in [1.82, 2.24) is 9.97 Å². The van der Waals surface area contributed by atoms with Crippen LogP contribution < -0.4 is 5.32 Å². The molecule has 2 rings (SSSR count). The topological polar surface area (TPSA) is 37.8 Å². The smallest absolute Gasteiger partial charge is 0.133 e. The Kier molecular flexibility index (Phi) is 4.87.